The minimum Gasteiger partial charge on any atom is -0.494 e. The number of carbonyl (C=O) groups excluding carboxylic acids is 1. The number of carbonyl (C=O) groups is 1. The third-order valence-corrected chi connectivity index (χ3v) is 3.84. The Hall–Kier alpha value is -3.02. The molecule has 0 unspecified atom stereocenters. The summed E-state index contributed by atoms with van der Waals surface area (Å²) in [6.07, 6.45) is 0.560. The molecule has 130 valence electrons. The van der Waals surface area contributed by atoms with Gasteiger partial charge in [0.1, 0.15) is 5.75 Å². The number of nitrogens with one attached hydrogen (secondary N) is 1. The number of hydrogen-bond donors (Lipinski definition) is 1. The van der Waals surface area contributed by atoms with Crippen molar-refractivity contribution < 1.29 is 14.3 Å². The van der Waals surface area contributed by atoms with E-state index in [4.69, 9.17) is 9.47 Å². The zero-order valence-corrected chi connectivity index (χ0v) is 14.0. The fourth-order valence-corrected chi connectivity index (χ4v) is 2.65. The average Bonchev–Trinajstić information content (AvgIpc) is 2.95. The van der Waals surface area contributed by atoms with Crippen molar-refractivity contribution in [2.24, 2.45) is 0 Å². The minimum absolute atomic E-state index is 0.154. The summed E-state index contributed by atoms with van der Waals surface area (Å²) in [6, 6.07) is 14.4. The van der Waals surface area contributed by atoms with E-state index in [1.165, 1.54) is 0 Å². The minimum atomic E-state index is -0.380. The number of benzene rings is 2. The van der Waals surface area contributed by atoms with Crippen molar-refractivity contribution in [3.63, 3.8) is 0 Å². The molecule has 0 fully saturated rings. The molecule has 0 amide bonds. The molecule has 2 aromatic carbocycles. The molecule has 0 radical (unpaired) electrons. The molecule has 6 heteroatoms. The molecule has 0 aliphatic heterocycles. The Kier molecular flexibility index (Phi) is 5.18. The summed E-state index contributed by atoms with van der Waals surface area (Å²) < 4.78 is 12.3. The van der Waals surface area contributed by atoms with Crippen molar-refractivity contribution in [2.45, 2.75) is 19.9 Å². The van der Waals surface area contributed by atoms with Gasteiger partial charge in [-0.1, -0.05) is 12.1 Å². The number of nitrogens with zero attached hydrogens (tertiary/aromatic N) is 1. The number of aromatic amines is 1. The van der Waals surface area contributed by atoms with Crippen LogP contribution in [0.5, 0.6) is 5.75 Å². The van der Waals surface area contributed by atoms with Crippen molar-refractivity contribution >= 4 is 17.0 Å². The number of rotatable bonds is 7. The molecule has 25 heavy (non-hydrogen) atoms. The van der Waals surface area contributed by atoms with Crippen molar-refractivity contribution in [3.8, 4) is 5.75 Å². The number of fused-ring (bicyclic) bond motifs is 1. The SMILES string of the molecule is CCOc1ccc(C(=O)OCCCn2c(=O)[nH]c3ccccc32)cc1. The number of aryl methyl sites for hydroxylation is 1. The highest BCUT2D eigenvalue weighted by atomic mass is 16.5. The molecule has 3 rings (SSSR count). The van der Waals surface area contributed by atoms with E-state index in [2.05, 4.69) is 4.98 Å². The van der Waals surface area contributed by atoms with E-state index in [0.717, 1.165) is 16.8 Å². The molecule has 0 bridgehead atoms. The second-order valence-corrected chi connectivity index (χ2v) is 5.55. The lowest BCUT2D eigenvalue weighted by molar-refractivity contribution is 0.0496. The summed E-state index contributed by atoms with van der Waals surface area (Å²) in [7, 11) is 0. The fraction of sp³-hybridized carbons (Fsp3) is 0.263. The van der Waals surface area contributed by atoms with Gasteiger partial charge >= 0.3 is 11.7 Å². The van der Waals surface area contributed by atoms with Gasteiger partial charge in [0.25, 0.3) is 0 Å². The number of H-pyrrole nitrogens is 1. The van der Waals surface area contributed by atoms with E-state index in [9.17, 15) is 9.59 Å². The van der Waals surface area contributed by atoms with Crippen LogP contribution in [0.2, 0.25) is 0 Å². The van der Waals surface area contributed by atoms with Crippen LogP contribution in [0.25, 0.3) is 11.0 Å². The first-order valence-corrected chi connectivity index (χ1v) is 8.26. The van der Waals surface area contributed by atoms with Gasteiger partial charge < -0.3 is 14.5 Å². The quantitative estimate of drug-likeness (QED) is 0.530. The predicted molar refractivity (Wildman–Crippen MR) is 95.1 cm³/mol. The van der Waals surface area contributed by atoms with Crippen LogP contribution in [0, 0.1) is 0 Å². The number of imidazole rings is 1. The third-order valence-electron chi connectivity index (χ3n) is 3.84. The number of esters is 1. The van der Waals surface area contributed by atoms with Gasteiger partial charge in [0.2, 0.25) is 0 Å². The van der Waals surface area contributed by atoms with E-state index in [-0.39, 0.29) is 18.3 Å². The van der Waals surface area contributed by atoms with E-state index < -0.39 is 0 Å². The van der Waals surface area contributed by atoms with Crippen LogP contribution in [0.1, 0.15) is 23.7 Å². The van der Waals surface area contributed by atoms with Gasteiger partial charge in [0, 0.05) is 6.54 Å². The maximum absolute atomic E-state index is 12.0. The lowest BCUT2D eigenvalue weighted by Gasteiger charge is -2.07. The average molecular weight is 340 g/mol. The summed E-state index contributed by atoms with van der Waals surface area (Å²) in [5, 5.41) is 0. The van der Waals surface area contributed by atoms with Crippen LogP contribution in [0.4, 0.5) is 0 Å². The molecule has 0 saturated heterocycles. The van der Waals surface area contributed by atoms with Gasteiger partial charge in [0.05, 0.1) is 29.8 Å². The number of para-hydroxylation sites is 2. The monoisotopic (exact) mass is 340 g/mol. The summed E-state index contributed by atoms with van der Waals surface area (Å²) in [4.78, 5) is 26.8. The Morgan fingerprint density at radius 2 is 1.88 bits per heavy atom. The number of ether oxygens (including phenoxy) is 2. The molecule has 1 N–H and O–H groups in total. The van der Waals surface area contributed by atoms with Gasteiger partial charge in [-0.25, -0.2) is 9.59 Å². The Labute approximate surface area is 145 Å². The summed E-state index contributed by atoms with van der Waals surface area (Å²) in [5.41, 5.74) is 1.98. The zero-order chi connectivity index (χ0) is 17.6. The van der Waals surface area contributed by atoms with Crippen LogP contribution in [-0.2, 0) is 11.3 Å². The van der Waals surface area contributed by atoms with E-state index in [0.29, 0.717) is 25.1 Å². The maximum atomic E-state index is 12.0. The molecule has 0 saturated carbocycles. The molecule has 1 heterocycles. The third kappa shape index (κ3) is 3.91. The Morgan fingerprint density at radius 3 is 2.64 bits per heavy atom. The smallest absolute Gasteiger partial charge is 0.338 e. The highest BCUT2D eigenvalue weighted by molar-refractivity contribution is 5.89. The first-order chi connectivity index (χ1) is 12.2. The first kappa shape index (κ1) is 16.8. The largest absolute Gasteiger partial charge is 0.494 e. The topological polar surface area (TPSA) is 73.3 Å². The molecular weight excluding hydrogens is 320 g/mol. The van der Waals surface area contributed by atoms with Crippen molar-refractivity contribution in [2.75, 3.05) is 13.2 Å². The normalized spacial score (nSPS) is 10.8. The molecule has 0 spiro atoms. The highest BCUT2D eigenvalue weighted by Gasteiger charge is 2.09. The Morgan fingerprint density at radius 1 is 1.12 bits per heavy atom. The molecule has 6 nitrogen and oxygen atoms in total. The van der Waals surface area contributed by atoms with Crippen molar-refractivity contribution in [1.82, 2.24) is 9.55 Å². The Balaban J connectivity index is 1.53. The van der Waals surface area contributed by atoms with Crippen molar-refractivity contribution in [3.05, 3.63) is 64.6 Å². The van der Waals surface area contributed by atoms with E-state index >= 15 is 0 Å². The van der Waals surface area contributed by atoms with Crippen LogP contribution in [0.3, 0.4) is 0 Å². The fourth-order valence-electron chi connectivity index (χ4n) is 2.65. The maximum Gasteiger partial charge on any atom is 0.338 e. The van der Waals surface area contributed by atoms with Gasteiger partial charge in [0.15, 0.2) is 0 Å². The summed E-state index contributed by atoms with van der Waals surface area (Å²) in [5.74, 6) is 0.340. The van der Waals surface area contributed by atoms with Gasteiger partial charge in [-0.05, 0) is 49.7 Å². The predicted octanol–water partition coefficient (Wildman–Crippen LogP) is 2.98. The van der Waals surface area contributed by atoms with Gasteiger partial charge in [-0.2, -0.15) is 0 Å². The standard InChI is InChI=1S/C19H20N2O4/c1-2-24-15-10-8-14(9-11-15)18(22)25-13-5-12-21-17-7-4-3-6-16(17)20-19(21)23/h3-4,6-11H,2,5,12-13H2,1H3,(H,20,23). The second kappa shape index (κ2) is 7.70. The summed E-state index contributed by atoms with van der Waals surface area (Å²) >= 11 is 0. The van der Waals surface area contributed by atoms with Gasteiger partial charge in [-0.3, -0.25) is 4.57 Å². The van der Waals surface area contributed by atoms with E-state index in [1.54, 1.807) is 28.8 Å². The zero-order valence-electron chi connectivity index (χ0n) is 14.0. The highest BCUT2D eigenvalue weighted by Crippen LogP contribution is 2.13. The molecule has 0 atom stereocenters. The lowest BCUT2D eigenvalue weighted by atomic mass is 10.2. The first-order valence-electron chi connectivity index (χ1n) is 8.26. The van der Waals surface area contributed by atoms with Crippen LogP contribution in [0.15, 0.2) is 53.3 Å². The second-order valence-electron chi connectivity index (χ2n) is 5.55. The molecule has 1 aromatic heterocycles. The van der Waals surface area contributed by atoms with E-state index in [1.807, 2.05) is 31.2 Å². The Bertz CT molecular complexity index is 909. The number of aromatic nitrogens is 2. The van der Waals surface area contributed by atoms with Gasteiger partial charge in [-0.15, -0.1) is 0 Å². The van der Waals surface area contributed by atoms with Crippen molar-refractivity contribution in [1.29, 1.82) is 0 Å². The lowest BCUT2D eigenvalue weighted by Crippen LogP contribution is -2.18. The molecule has 3 aromatic rings. The molecular formula is C19H20N2O4. The van der Waals surface area contributed by atoms with Crippen LogP contribution >= 0.6 is 0 Å². The molecule has 0 aliphatic rings. The van der Waals surface area contributed by atoms with Crippen LogP contribution in [-0.4, -0.2) is 28.7 Å². The number of hydrogen-bond acceptors (Lipinski definition) is 4. The van der Waals surface area contributed by atoms with Crippen LogP contribution < -0.4 is 10.4 Å². The summed E-state index contributed by atoms with van der Waals surface area (Å²) in [6.45, 7) is 3.22. The molecule has 0 aliphatic carbocycles.